The second-order valence-corrected chi connectivity index (χ2v) is 7.38. The maximum Gasteiger partial charge on any atom is 0.343 e. The van der Waals surface area contributed by atoms with Crippen molar-refractivity contribution in [1.29, 1.82) is 0 Å². The van der Waals surface area contributed by atoms with Crippen LogP contribution in [0.1, 0.15) is 42.6 Å². The number of hydrogen-bond acceptors (Lipinski definition) is 3. The van der Waals surface area contributed by atoms with E-state index in [-0.39, 0.29) is 11.2 Å². The van der Waals surface area contributed by atoms with Crippen molar-refractivity contribution in [3.63, 3.8) is 0 Å². The molecule has 0 saturated heterocycles. The summed E-state index contributed by atoms with van der Waals surface area (Å²) in [6.45, 7) is 3.98. The molecule has 4 heteroatoms. The minimum absolute atomic E-state index is 0.0554. The van der Waals surface area contributed by atoms with E-state index in [1.54, 1.807) is 42.5 Å². The van der Waals surface area contributed by atoms with Gasteiger partial charge in [0.1, 0.15) is 5.76 Å². The molecule has 25 heavy (non-hydrogen) atoms. The van der Waals surface area contributed by atoms with Crippen molar-refractivity contribution >= 4 is 28.9 Å². The number of benzene rings is 2. The standard InChI is InChI=1S/C21H19ClO3/c1-21(2)12-17(23)19(15-10-6-7-11-16(15)22)18(13-21)25-20(24)14-8-4-3-5-9-14/h3-11H,12-13H2,1-2H3. The monoisotopic (exact) mass is 354 g/mol. The highest BCUT2D eigenvalue weighted by atomic mass is 35.5. The number of hydrogen-bond donors (Lipinski definition) is 0. The number of rotatable bonds is 3. The highest BCUT2D eigenvalue weighted by Crippen LogP contribution is 2.42. The summed E-state index contributed by atoms with van der Waals surface area (Å²) >= 11 is 6.29. The molecular weight excluding hydrogens is 336 g/mol. The Balaban J connectivity index is 2.06. The summed E-state index contributed by atoms with van der Waals surface area (Å²) in [7, 11) is 0. The van der Waals surface area contributed by atoms with Crippen molar-refractivity contribution in [2.75, 3.05) is 0 Å². The van der Waals surface area contributed by atoms with Gasteiger partial charge in [0.15, 0.2) is 5.78 Å². The number of Topliss-reactive ketones (excluding diaryl/α,β-unsaturated/α-hetero) is 1. The lowest BCUT2D eigenvalue weighted by molar-refractivity contribution is -0.116. The quantitative estimate of drug-likeness (QED) is 0.703. The number of esters is 1. The molecule has 0 heterocycles. The molecule has 0 radical (unpaired) electrons. The highest BCUT2D eigenvalue weighted by molar-refractivity contribution is 6.35. The van der Waals surface area contributed by atoms with E-state index in [4.69, 9.17) is 16.3 Å². The normalized spacial score (nSPS) is 16.7. The molecule has 0 aromatic heterocycles. The van der Waals surface area contributed by atoms with Crippen molar-refractivity contribution in [2.24, 2.45) is 5.41 Å². The summed E-state index contributed by atoms with van der Waals surface area (Å²) < 4.78 is 5.67. The van der Waals surface area contributed by atoms with Gasteiger partial charge in [-0.15, -0.1) is 0 Å². The van der Waals surface area contributed by atoms with Crippen LogP contribution in [-0.4, -0.2) is 11.8 Å². The van der Waals surface area contributed by atoms with Gasteiger partial charge in [-0.1, -0.05) is 61.8 Å². The number of halogens is 1. The first-order valence-electron chi connectivity index (χ1n) is 8.16. The third kappa shape index (κ3) is 3.83. The fourth-order valence-corrected chi connectivity index (χ4v) is 3.29. The maximum absolute atomic E-state index is 12.8. The first kappa shape index (κ1) is 17.4. The van der Waals surface area contributed by atoms with Gasteiger partial charge in [-0.2, -0.15) is 0 Å². The highest BCUT2D eigenvalue weighted by Gasteiger charge is 2.36. The van der Waals surface area contributed by atoms with E-state index >= 15 is 0 Å². The first-order chi connectivity index (χ1) is 11.9. The fraction of sp³-hybridized carbons (Fsp3) is 0.238. The second kappa shape index (κ2) is 6.85. The predicted octanol–water partition coefficient (Wildman–Crippen LogP) is 5.30. The Morgan fingerprint density at radius 1 is 1.00 bits per heavy atom. The van der Waals surface area contributed by atoms with Crippen LogP contribution in [0.25, 0.3) is 5.57 Å². The Morgan fingerprint density at radius 3 is 2.32 bits per heavy atom. The van der Waals surface area contributed by atoms with Crippen molar-refractivity contribution in [3.8, 4) is 0 Å². The Morgan fingerprint density at radius 2 is 1.64 bits per heavy atom. The largest absolute Gasteiger partial charge is 0.427 e. The van der Waals surface area contributed by atoms with Gasteiger partial charge in [-0.05, 0) is 23.6 Å². The lowest BCUT2D eigenvalue weighted by Gasteiger charge is -2.31. The molecule has 0 fully saturated rings. The van der Waals surface area contributed by atoms with E-state index in [9.17, 15) is 9.59 Å². The van der Waals surface area contributed by atoms with E-state index < -0.39 is 5.97 Å². The van der Waals surface area contributed by atoms with Gasteiger partial charge in [-0.25, -0.2) is 4.79 Å². The molecule has 0 bridgehead atoms. The van der Waals surface area contributed by atoms with Crippen LogP contribution >= 0.6 is 11.6 Å². The molecule has 0 N–H and O–H groups in total. The van der Waals surface area contributed by atoms with Crippen molar-refractivity contribution in [2.45, 2.75) is 26.7 Å². The Hall–Kier alpha value is -2.39. The van der Waals surface area contributed by atoms with E-state index in [1.165, 1.54) is 0 Å². The molecule has 2 aromatic rings. The summed E-state index contributed by atoms with van der Waals surface area (Å²) in [6.07, 6.45) is 0.887. The number of carbonyl (C=O) groups excluding carboxylic acids is 2. The Bertz CT molecular complexity index is 850. The van der Waals surface area contributed by atoms with Crippen LogP contribution < -0.4 is 0 Å². The lowest BCUT2D eigenvalue weighted by atomic mass is 9.75. The average Bonchev–Trinajstić information content (AvgIpc) is 2.56. The molecule has 3 nitrogen and oxygen atoms in total. The van der Waals surface area contributed by atoms with Gasteiger partial charge in [0.25, 0.3) is 0 Å². The molecule has 0 unspecified atom stereocenters. The van der Waals surface area contributed by atoms with E-state index in [1.807, 2.05) is 26.0 Å². The zero-order chi connectivity index (χ0) is 18.0. The number of ketones is 1. The van der Waals surface area contributed by atoms with Crippen LogP contribution in [-0.2, 0) is 9.53 Å². The van der Waals surface area contributed by atoms with Gasteiger partial charge in [0, 0.05) is 23.4 Å². The van der Waals surface area contributed by atoms with E-state index in [2.05, 4.69) is 0 Å². The Labute approximate surface area is 152 Å². The molecule has 1 aliphatic carbocycles. The average molecular weight is 355 g/mol. The molecule has 0 spiro atoms. The fourth-order valence-electron chi connectivity index (χ4n) is 3.06. The van der Waals surface area contributed by atoms with Crippen molar-refractivity contribution < 1.29 is 14.3 Å². The van der Waals surface area contributed by atoms with Crippen LogP contribution in [0.3, 0.4) is 0 Å². The third-order valence-electron chi connectivity index (χ3n) is 4.20. The zero-order valence-corrected chi connectivity index (χ0v) is 15.0. The minimum Gasteiger partial charge on any atom is -0.427 e. The molecule has 2 aromatic carbocycles. The molecular formula is C21H19ClO3. The van der Waals surface area contributed by atoms with Gasteiger partial charge >= 0.3 is 5.97 Å². The van der Waals surface area contributed by atoms with Crippen LogP contribution in [0.4, 0.5) is 0 Å². The molecule has 0 atom stereocenters. The molecule has 3 rings (SSSR count). The molecule has 0 saturated carbocycles. The van der Waals surface area contributed by atoms with Gasteiger partial charge in [0.2, 0.25) is 0 Å². The van der Waals surface area contributed by atoms with Crippen LogP contribution in [0, 0.1) is 5.41 Å². The van der Waals surface area contributed by atoms with Crippen LogP contribution in [0.15, 0.2) is 60.4 Å². The maximum atomic E-state index is 12.8. The molecule has 0 amide bonds. The summed E-state index contributed by atoms with van der Waals surface area (Å²) in [5.41, 5.74) is 1.20. The van der Waals surface area contributed by atoms with Crippen molar-refractivity contribution in [3.05, 3.63) is 76.5 Å². The first-order valence-corrected chi connectivity index (χ1v) is 8.54. The SMILES string of the molecule is CC1(C)CC(=O)C(c2ccccc2Cl)=C(OC(=O)c2ccccc2)C1. The van der Waals surface area contributed by atoms with Gasteiger partial charge in [-0.3, -0.25) is 4.79 Å². The van der Waals surface area contributed by atoms with E-state index in [0.717, 1.165) is 0 Å². The predicted molar refractivity (Wildman–Crippen MR) is 98.3 cm³/mol. The lowest BCUT2D eigenvalue weighted by Crippen LogP contribution is -2.27. The minimum atomic E-state index is -0.467. The smallest absolute Gasteiger partial charge is 0.343 e. The molecule has 1 aliphatic rings. The number of allylic oxidation sites excluding steroid dienone is 2. The summed E-state index contributed by atoms with van der Waals surface area (Å²) in [5, 5.41) is 0.471. The topological polar surface area (TPSA) is 43.4 Å². The second-order valence-electron chi connectivity index (χ2n) is 6.97. The molecule has 128 valence electrons. The number of carbonyl (C=O) groups is 2. The van der Waals surface area contributed by atoms with Crippen molar-refractivity contribution in [1.82, 2.24) is 0 Å². The van der Waals surface area contributed by atoms with Crippen LogP contribution in [0.2, 0.25) is 5.02 Å². The molecule has 0 aliphatic heterocycles. The van der Waals surface area contributed by atoms with Gasteiger partial charge < -0.3 is 4.74 Å². The van der Waals surface area contributed by atoms with Crippen LogP contribution in [0.5, 0.6) is 0 Å². The number of ether oxygens (including phenoxy) is 1. The summed E-state index contributed by atoms with van der Waals surface area (Å²) in [6, 6.07) is 15.9. The summed E-state index contributed by atoms with van der Waals surface area (Å²) in [4.78, 5) is 25.3. The third-order valence-corrected chi connectivity index (χ3v) is 4.53. The van der Waals surface area contributed by atoms with Gasteiger partial charge in [0.05, 0.1) is 11.1 Å². The van der Waals surface area contributed by atoms with E-state index in [0.29, 0.717) is 40.3 Å². The zero-order valence-electron chi connectivity index (χ0n) is 14.2. The Kier molecular flexibility index (Phi) is 4.78. The summed E-state index contributed by atoms with van der Waals surface area (Å²) in [5.74, 6) is -0.130.